The minimum absolute atomic E-state index is 0.0811. The van der Waals surface area contributed by atoms with Crippen LogP contribution in [0.2, 0.25) is 0 Å². The Kier molecular flexibility index (Phi) is 5.34. The van der Waals surface area contributed by atoms with Crippen LogP contribution in [0, 0.1) is 3.57 Å². The summed E-state index contributed by atoms with van der Waals surface area (Å²) in [5.41, 5.74) is 1.37. The summed E-state index contributed by atoms with van der Waals surface area (Å²) >= 11 is 2.16. The summed E-state index contributed by atoms with van der Waals surface area (Å²) in [6.07, 6.45) is 1.40. The van der Waals surface area contributed by atoms with Gasteiger partial charge in [0.05, 0.1) is 14.9 Å². The molecule has 1 aliphatic rings. The summed E-state index contributed by atoms with van der Waals surface area (Å²) in [5, 5.41) is 2.84. The van der Waals surface area contributed by atoms with Gasteiger partial charge in [-0.2, -0.15) is 0 Å². The molecule has 0 atom stereocenters. The molecule has 0 spiro atoms. The van der Waals surface area contributed by atoms with Crippen molar-refractivity contribution in [2.75, 3.05) is 23.4 Å². The third kappa shape index (κ3) is 3.87. The fraction of sp³-hybridized carbons (Fsp3) is 0.222. The molecular formula is C18H17IN2O3. The molecule has 2 amide bonds. The topological polar surface area (TPSA) is 58.6 Å². The molecule has 3 rings (SSSR count). The van der Waals surface area contributed by atoms with E-state index in [9.17, 15) is 9.59 Å². The van der Waals surface area contributed by atoms with Gasteiger partial charge in [0.15, 0.2) is 6.61 Å². The Bertz CT molecular complexity index is 763. The highest BCUT2D eigenvalue weighted by Crippen LogP contribution is 2.29. The van der Waals surface area contributed by atoms with Crippen LogP contribution in [-0.2, 0) is 9.59 Å². The van der Waals surface area contributed by atoms with Crippen LogP contribution in [0.4, 0.5) is 11.4 Å². The Morgan fingerprint density at radius 3 is 2.67 bits per heavy atom. The third-order valence-corrected chi connectivity index (χ3v) is 4.63. The second-order valence-corrected chi connectivity index (χ2v) is 6.60. The summed E-state index contributed by atoms with van der Waals surface area (Å²) < 4.78 is 6.51. The molecule has 0 radical (unpaired) electrons. The lowest BCUT2D eigenvalue weighted by Gasteiger charge is -2.20. The van der Waals surface area contributed by atoms with Crippen molar-refractivity contribution in [2.24, 2.45) is 0 Å². The van der Waals surface area contributed by atoms with Crippen LogP contribution < -0.4 is 15.0 Å². The Morgan fingerprint density at radius 1 is 1.17 bits per heavy atom. The zero-order valence-electron chi connectivity index (χ0n) is 13.0. The van der Waals surface area contributed by atoms with Gasteiger partial charge in [-0.3, -0.25) is 9.59 Å². The number of nitrogens with zero attached hydrogens (tertiary/aromatic N) is 1. The SMILES string of the molecule is O=C(COc1ccccc1I)Nc1ccccc1N1CCCC1=O. The van der Waals surface area contributed by atoms with Crippen LogP contribution in [0.3, 0.4) is 0 Å². The number of carbonyl (C=O) groups is 2. The van der Waals surface area contributed by atoms with Crippen molar-refractivity contribution in [1.82, 2.24) is 0 Å². The van der Waals surface area contributed by atoms with Crippen molar-refractivity contribution in [1.29, 1.82) is 0 Å². The number of nitrogens with one attached hydrogen (secondary N) is 1. The monoisotopic (exact) mass is 436 g/mol. The molecule has 6 heteroatoms. The van der Waals surface area contributed by atoms with E-state index in [2.05, 4.69) is 27.9 Å². The first-order chi connectivity index (χ1) is 11.6. The van der Waals surface area contributed by atoms with Crippen LogP contribution in [-0.4, -0.2) is 25.0 Å². The summed E-state index contributed by atoms with van der Waals surface area (Å²) in [6, 6.07) is 14.9. The summed E-state index contributed by atoms with van der Waals surface area (Å²) in [4.78, 5) is 25.9. The van der Waals surface area contributed by atoms with Crippen molar-refractivity contribution in [3.8, 4) is 5.75 Å². The van der Waals surface area contributed by atoms with Crippen molar-refractivity contribution in [3.05, 3.63) is 52.1 Å². The van der Waals surface area contributed by atoms with E-state index >= 15 is 0 Å². The van der Waals surface area contributed by atoms with Gasteiger partial charge in [0.2, 0.25) is 5.91 Å². The lowest BCUT2D eigenvalue weighted by Crippen LogP contribution is -2.27. The number of halogens is 1. The molecule has 5 nitrogen and oxygen atoms in total. The highest BCUT2D eigenvalue weighted by atomic mass is 127. The molecule has 0 aliphatic carbocycles. The molecule has 1 N–H and O–H groups in total. The van der Waals surface area contributed by atoms with Gasteiger partial charge in [0.25, 0.3) is 5.91 Å². The largest absolute Gasteiger partial charge is 0.483 e. The van der Waals surface area contributed by atoms with E-state index < -0.39 is 0 Å². The quantitative estimate of drug-likeness (QED) is 0.731. The van der Waals surface area contributed by atoms with Crippen LogP contribution in [0.25, 0.3) is 0 Å². The molecule has 1 aliphatic heterocycles. The second kappa shape index (κ2) is 7.65. The molecule has 2 aromatic rings. The van der Waals surface area contributed by atoms with E-state index in [1.54, 1.807) is 11.0 Å². The Balaban J connectivity index is 1.66. The first-order valence-corrected chi connectivity index (χ1v) is 8.79. The number of benzene rings is 2. The molecule has 2 aromatic carbocycles. The van der Waals surface area contributed by atoms with Crippen LogP contribution in [0.15, 0.2) is 48.5 Å². The molecule has 0 saturated carbocycles. The van der Waals surface area contributed by atoms with E-state index in [0.29, 0.717) is 24.4 Å². The zero-order chi connectivity index (χ0) is 16.9. The van der Waals surface area contributed by atoms with Crippen molar-refractivity contribution < 1.29 is 14.3 Å². The van der Waals surface area contributed by atoms with Crippen molar-refractivity contribution in [3.63, 3.8) is 0 Å². The van der Waals surface area contributed by atoms with E-state index in [4.69, 9.17) is 4.74 Å². The molecule has 0 bridgehead atoms. The number of hydrogen-bond donors (Lipinski definition) is 1. The average Bonchev–Trinajstić information content (AvgIpc) is 3.00. The molecule has 1 heterocycles. The summed E-state index contributed by atoms with van der Waals surface area (Å²) in [5.74, 6) is 0.511. The van der Waals surface area contributed by atoms with Gasteiger partial charge in [-0.15, -0.1) is 0 Å². The minimum atomic E-state index is -0.256. The smallest absolute Gasteiger partial charge is 0.262 e. The molecule has 1 fully saturated rings. The fourth-order valence-corrected chi connectivity index (χ4v) is 3.15. The zero-order valence-corrected chi connectivity index (χ0v) is 15.2. The maximum atomic E-state index is 12.2. The maximum Gasteiger partial charge on any atom is 0.262 e. The van der Waals surface area contributed by atoms with Gasteiger partial charge in [0.1, 0.15) is 5.75 Å². The first-order valence-electron chi connectivity index (χ1n) is 7.72. The Labute approximate surface area is 154 Å². The molecular weight excluding hydrogens is 419 g/mol. The predicted molar refractivity (Wildman–Crippen MR) is 101 cm³/mol. The molecule has 124 valence electrons. The molecule has 24 heavy (non-hydrogen) atoms. The van der Waals surface area contributed by atoms with Crippen LogP contribution in [0.1, 0.15) is 12.8 Å². The second-order valence-electron chi connectivity index (χ2n) is 5.43. The third-order valence-electron chi connectivity index (χ3n) is 3.74. The highest BCUT2D eigenvalue weighted by molar-refractivity contribution is 14.1. The minimum Gasteiger partial charge on any atom is -0.483 e. The number of hydrogen-bond acceptors (Lipinski definition) is 3. The number of ether oxygens (including phenoxy) is 1. The number of amides is 2. The van der Waals surface area contributed by atoms with E-state index in [0.717, 1.165) is 15.7 Å². The lowest BCUT2D eigenvalue weighted by atomic mass is 10.2. The standard InChI is InChI=1S/C18H17IN2O3/c19-13-6-1-4-9-16(13)24-12-17(22)20-14-7-2-3-8-15(14)21-11-5-10-18(21)23/h1-4,6-9H,5,10-12H2,(H,20,22). The summed E-state index contributed by atoms with van der Waals surface area (Å²) in [6.45, 7) is 0.604. The highest BCUT2D eigenvalue weighted by Gasteiger charge is 2.24. The predicted octanol–water partition coefficient (Wildman–Crippen LogP) is 3.44. The average molecular weight is 436 g/mol. The summed E-state index contributed by atoms with van der Waals surface area (Å²) in [7, 11) is 0. The van der Waals surface area contributed by atoms with Gasteiger partial charge >= 0.3 is 0 Å². The van der Waals surface area contributed by atoms with Gasteiger partial charge in [-0.1, -0.05) is 24.3 Å². The Hall–Kier alpha value is -2.09. The van der Waals surface area contributed by atoms with Gasteiger partial charge in [0, 0.05) is 13.0 Å². The first kappa shape index (κ1) is 16.8. The van der Waals surface area contributed by atoms with E-state index in [-0.39, 0.29) is 18.4 Å². The number of carbonyl (C=O) groups excluding carboxylic acids is 2. The van der Waals surface area contributed by atoms with Gasteiger partial charge in [-0.25, -0.2) is 0 Å². The maximum absolute atomic E-state index is 12.2. The molecule has 1 saturated heterocycles. The van der Waals surface area contributed by atoms with Crippen LogP contribution in [0.5, 0.6) is 5.75 Å². The van der Waals surface area contributed by atoms with Crippen LogP contribution >= 0.6 is 22.6 Å². The number of para-hydroxylation sites is 3. The van der Waals surface area contributed by atoms with Gasteiger partial charge < -0.3 is 15.0 Å². The van der Waals surface area contributed by atoms with Gasteiger partial charge in [-0.05, 0) is 53.3 Å². The van der Waals surface area contributed by atoms with Crippen molar-refractivity contribution in [2.45, 2.75) is 12.8 Å². The normalized spacial score (nSPS) is 13.9. The molecule has 0 aromatic heterocycles. The van der Waals surface area contributed by atoms with Crippen molar-refractivity contribution >= 4 is 45.8 Å². The lowest BCUT2D eigenvalue weighted by molar-refractivity contribution is -0.118. The fourth-order valence-electron chi connectivity index (χ4n) is 2.61. The number of anilines is 2. The van der Waals surface area contributed by atoms with E-state index in [1.807, 2.05) is 42.5 Å². The van der Waals surface area contributed by atoms with E-state index in [1.165, 1.54) is 0 Å². The number of rotatable bonds is 5. The molecule has 0 unspecified atom stereocenters. The Morgan fingerprint density at radius 2 is 1.92 bits per heavy atom.